The molecule has 1 aromatic rings. The molecule has 1 radical (unpaired) electrons. The topological polar surface area (TPSA) is 23.8 Å². The van der Waals surface area contributed by atoms with Gasteiger partial charge in [0.05, 0.1) is 6.07 Å². The van der Waals surface area contributed by atoms with Crippen LogP contribution in [0.25, 0.3) is 0 Å². The number of unbranched alkanes of at least 4 members (excludes halogenated alkanes) is 2. The van der Waals surface area contributed by atoms with Gasteiger partial charge < -0.3 is 0 Å². The van der Waals surface area contributed by atoms with E-state index in [4.69, 9.17) is 5.26 Å². The lowest BCUT2D eigenvalue weighted by atomic mass is 10.1. The van der Waals surface area contributed by atoms with Crippen molar-refractivity contribution < 1.29 is 0 Å². The highest BCUT2D eigenvalue weighted by Gasteiger charge is 1.90. The largest absolute Gasteiger partial charge is 0.198 e. The van der Waals surface area contributed by atoms with E-state index < -0.39 is 0 Å². The summed E-state index contributed by atoms with van der Waals surface area (Å²) in [5.74, 6) is 0. The van der Waals surface area contributed by atoms with E-state index in [-0.39, 0.29) is 0 Å². The first-order chi connectivity index (χ1) is 5.93. The van der Waals surface area contributed by atoms with Crippen LogP contribution in [0.15, 0.2) is 24.3 Å². The molecule has 1 rings (SSSR count). The lowest BCUT2D eigenvalue weighted by Gasteiger charge is -1.97. The van der Waals surface area contributed by atoms with Crippen molar-refractivity contribution in [2.45, 2.75) is 25.7 Å². The van der Waals surface area contributed by atoms with Gasteiger partial charge in [-0.2, -0.15) is 5.26 Å². The minimum Gasteiger partial charge on any atom is -0.198 e. The Morgan fingerprint density at radius 2 is 2.33 bits per heavy atom. The molecule has 0 atom stereocenters. The molecule has 0 saturated heterocycles. The summed E-state index contributed by atoms with van der Waals surface area (Å²) in [5.41, 5.74) is 1.32. The second-order valence-electron chi connectivity index (χ2n) is 2.78. The lowest BCUT2D eigenvalue weighted by molar-refractivity contribution is 0.752. The second kappa shape index (κ2) is 5.37. The van der Waals surface area contributed by atoms with E-state index in [9.17, 15) is 0 Å². The highest BCUT2D eigenvalue weighted by atomic mass is 14.2. The number of hydrogen-bond acceptors (Lipinski definition) is 1. The summed E-state index contributed by atoms with van der Waals surface area (Å²) in [5, 5.41) is 8.31. The second-order valence-corrected chi connectivity index (χ2v) is 2.78. The Bertz CT molecular complexity index is 245. The van der Waals surface area contributed by atoms with E-state index in [0.29, 0.717) is 6.42 Å². The van der Waals surface area contributed by atoms with Gasteiger partial charge >= 0.3 is 0 Å². The predicted octanol–water partition coefficient (Wildman–Crippen LogP) is 2.72. The standard InChI is InChI=1S/C11H12N/c12-10-6-2-5-9-11-7-3-1-4-8-11/h1,3,7-8H,2,5-6,9H2. The Labute approximate surface area is 73.6 Å². The molecule has 1 nitrogen and oxygen atoms in total. The highest BCUT2D eigenvalue weighted by molar-refractivity contribution is 5.13. The molecular weight excluding hydrogens is 146 g/mol. The average Bonchev–Trinajstić information content (AvgIpc) is 2.14. The first kappa shape index (κ1) is 8.80. The fourth-order valence-corrected chi connectivity index (χ4v) is 1.12. The van der Waals surface area contributed by atoms with Crippen LogP contribution in [0.5, 0.6) is 0 Å². The molecule has 1 heteroatoms. The van der Waals surface area contributed by atoms with Crippen LogP contribution >= 0.6 is 0 Å². The van der Waals surface area contributed by atoms with Crippen LogP contribution in [0.3, 0.4) is 0 Å². The first-order valence-corrected chi connectivity index (χ1v) is 4.25. The molecule has 0 N–H and O–H groups in total. The molecule has 0 aromatic heterocycles. The molecule has 0 bridgehead atoms. The monoisotopic (exact) mass is 158 g/mol. The molecule has 0 spiro atoms. The molecule has 12 heavy (non-hydrogen) atoms. The maximum atomic E-state index is 8.31. The lowest BCUT2D eigenvalue weighted by Crippen LogP contribution is -1.83. The summed E-state index contributed by atoms with van der Waals surface area (Å²) >= 11 is 0. The Balaban J connectivity index is 2.21. The van der Waals surface area contributed by atoms with Crippen LogP contribution in [0, 0.1) is 17.4 Å². The Hall–Kier alpha value is -1.29. The van der Waals surface area contributed by atoms with Gasteiger partial charge in [-0.15, -0.1) is 0 Å². The zero-order valence-corrected chi connectivity index (χ0v) is 7.09. The molecule has 0 aliphatic heterocycles. The number of aryl methyl sites for hydroxylation is 1. The number of benzene rings is 1. The molecule has 0 fully saturated rings. The summed E-state index contributed by atoms with van der Waals surface area (Å²) in [6, 6.07) is 13.2. The van der Waals surface area contributed by atoms with Gasteiger partial charge in [-0.3, -0.25) is 0 Å². The third-order valence-corrected chi connectivity index (χ3v) is 1.78. The van der Waals surface area contributed by atoms with E-state index in [0.717, 1.165) is 19.3 Å². The van der Waals surface area contributed by atoms with E-state index in [1.807, 2.05) is 18.2 Å². The van der Waals surface area contributed by atoms with Crippen molar-refractivity contribution in [3.63, 3.8) is 0 Å². The fourth-order valence-electron chi connectivity index (χ4n) is 1.12. The van der Waals surface area contributed by atoms with Crippen molar-refractivity contribution in [1.29, 1.82) is 5.26 Å². The van der Waals surface area contributed by atoms with Gasteiger partial charge in [-0.1, -0.05) is 24.3 Å². The maximum absolute atomic E-state index is 8.31. The molecule has 0 heterocycles. The predicted molar refractivity (Wildman–Crippen MR) is 48.4 cm³/mol. The van der Waals surface area contributed by atoms with Gasteiger partial charge in [-0.25, -0.2) is 0 Å². The Morgan fingerprint density at radius 1 is 1.42 bits per heavy atom. The van der Waals surface area contributed by atoms with Crippen LogP contribution in [-0.2, 0) is 6.42 Å². The number of nitriles is 1. The number of nitrogens with zero attached hydrogens (tertiary/aromatic N) is 1. The molecule has 61 valence electrons. The van der Waals surface area contributed by atoms with E-state index >= 15 is 0 Å². The van der Waals surface area contributed by atoms with Gasteiger partial charge in [0.15, 0.2) is 0 Å². The SMILES string of the molecule is N#CCCCCc1c[c]ccc1. The van der Waals surface area contributed by atoms with Gasteiger partial charge in [0.2, 0.25) is 0 Å². The average molecular weight is 158 g/mol. The van der Waals surface area contributed by atoms with E-state index in [2.05, 4.69) is 18.2 Å². The van der Waals surface area contributed by atoms with Gasteiger partial charge in [0.25, 0.3) is 0 Å². The van der Waals surface area contributed by atoms with E-state index in [1.54, 1.807) is 0 Å². The molecule has 0 saturated carbocycles. The summed E-state index contributed by atoms with van der Waals surface area (Å²) in [6.07, 6.45) is 3.85. The fraction of sp³-hybridized carbons (Fsp3) is 0.364. The van der Waals surface area contributed by atoms with Crippen molar-refractivity contribution in [1.82, 2.24) is 0 Å². The van der Waals surface area contributed by atoms with Crippen LogP contribution in [0.2, 0.25) is 0 Å². The van der Waals surface area contributed by atoms with Crippen molar-refractivity contribution in [2.24, 2.45) is 0 Å². The third kappa shape index (κ3) is 3.21. The molecule has 0 aliphatic carbocycles. The van der Waals surface area contributed by atoms with Crippen molar-refractivity contribution in [3.8, 4) is 6.07 Å². The van der Waals surface area contributed by atoms with Crippen molar-refractivity contribution in [3.05, 3.63) is 35.9 Å². The molecular formula is C11H12N. The minimum atomic E-state index is 0.677. The Morgan fingerprint density at radius 3 is 3.00 bits per heavy atom. The van der Waals surface area contributed by atoms with Gasteiger partial charge in [0.1, 0.15) is 0 Å². The normalized spacial score (nSPS) is 9.25. The quantitative estimate of drug-likeness (QED) is 0.618. The summed E-state index contributed by atoms with van der Waals surface area (Å²) in [4.78, 5) is 0. The van der Waals surface area contributed by atoms with E-state index in [1.165, 1.54) is 5.56 Å². The zero-order chi connectivity index (χ0) is 8.65. The molecule has 0 unspecified atom stereocenters. The first-order valence-electron chi connectivity index (χ1n) is 4.25. The van der Waals surface area contributed by atoms with Crippen LogP contribution < -0.4 is 0 Å². The summed E-state index contributed by atoms with van der Waals surface area (Å²) in [6.45, 7) is 0. The zero-order valence-electron chi connectivity index (χ0n) is 7.09. The minimum absolute atomic E-state index is 0.677. The van der Waals surface area contributed by atoms with Crippen LogP contribution in [0.4, 0.5) is 0 Å². The third-order valence-electron chi connectivity index (χ3n) is 1.78. The van der Waals surface area contributed by atoms with Gasteiger partial charge in [0, 0.05) is 6.42 Å². The summed E-state index contributed by atoms with van der Waals surface area (Å²) < 4.78 is 0. The van der Waals surface area contributed by atoms with Crippen molar-refractivity contribution in [2.75, 3.05) is 0 Å². The van der Waals surface area contributed by atoms with Crippen LogP contribution in [0.1, 0.15) is 24.8 Å². The molecule has 1 aromatic carbocycles. The molecule has 0 aliphatic rings. The highest BCUT2D eigenvalue weighted by Crippen LogP contribution is 2.04. The number of rotatable bonds is 4. The summed E-state index contributed by atoms with van der Waals surface area (Å²) in [7, 11) is 0. The smallest absolute Gasteiger partial charge is 0.0621 e. The van der Waals surface area contributed by atoms with Crippen LogP contribution in [-0.4, -0.2) is 0 Å². The van der Waals surface area contributed by atoms with Crippen molar-refractivity contribution >= 4 is 0 Å². The maximum Gasteiger partial charge on any atom is 0.0621 e. The molecule has 0 amide bonds. The Kier molecular flexibility index (Phi) is 3.94. The number of hydrogen-bond donors (Lipinski definition) is 0. The van der Waals surface area contributed by atoms with Gasteiger partial charge in [-0.05, 0) is 30.9 Å².